The van der Waals surface area contributed by atoms with Crippen LogP contribution in [0.15, 0.2) is 35.3 Å². The highest BCUT2D eigenvalue weighted by atomic mass is 127. The molecule has 0 spiro atoms. The zero-order valence-corrected chi connectivity index (χ0v) is 20.9. The highest BCUT2D eigenvalue weighted by Crippen LogP contribution is 2.19. The number of aromatic nitrogens is 3. The minimum Gasteiger partial charge on any atom is -0.379 e. The maximum atomic E-state index is 5.49. The van der Waals surface area contributed by atoms with E-state index in [4.69, 9.17) is 9.73 Å². The van der Waals surface area contributed by atoms with Gasteiger partial charge in [-0.2, -0.15) is 0 Å². The summed E-state index contributed by atoms with van der Waals surface area (Å²) < 4.78 is 7.51. The minimum atomic E-state index is 0. The van der Waals surface area contributed by atoms with Crippen LogP contribution in [-0.4, -0.2) is 76.5 Å². The molecule has 9 heteroatoms. The van der Waals surface area contributed by atoms with Crippen molar-refractivity contribution < 1.29 is 4.74 Å². The van der Waals surface area contributed by atoms with Crippen LogP contribution >= 0.6 is 24.0 Å². The lowest BCUT2D eigenvalue weighted by atomic mass is 10.1. The summed E-state index contributed by atoms with van der Waals surface area (Å²) in [6, 6.07) is 10.4. The number of nitrogens with one attached hydrogen (secondary N) is 1. The second-order valence-electron chi connectivity index (χ2n) is 8.22. The Bertz CT molecular complexity index is 836. The van der Waals surface area contributed by atoms with Crippen LogP contribution in [0.4, 0.5) is 0 Å². The fourth-order valence-corrected chi connectivity index (χ4v) is 4.10. The second-order valence-corrected chi connectivity index (χ2v) is 8.22. The van der Waals surface area contributed by atoms with Gasteiger partial charge in [-0.25, -0.2) is 4.99 Å². The van der Waals surface area contributed by atoms with E-state index in [0.29, 0.717) is 19.0 Å². The molecule has 1 N–H and O–H groups in total. The zero-order valence-electron chi connectivity index (χ0n) is 18.5. The van der Waals surface area contributed by atoms with Crippen LogP contribution in [0.2, 0.25) is 0 Å². The third kappa shape index (κ3) is 6.63. The molecule has 0 radical (unpaired) electrons. The SMILES string of the molecule is Cc1nnc(CNC(=NCc2ccccc2)N2CCC(CN3CCOCC3)C2)n1C.I. The Balaban J connectivity index is 0.00000272. The normalized spacial score (nSPS) is 20.0. The Labute approximate surface area is 202 Å². The fourth-order valence-electron chi connectivity index (χ4n) is 4.10. The van der Waals surface area contributed by atoms with E-state index in [-0.39, 0.29) is 24.0 Å². The average molecular weight is 539 g/mol. The van der Waals surface area contributed by atoms with Crippen molar-refractivity contribution >= 4 is 29.9 Å². The van der Waals surface area contributed by atoms with Crippen LogP contribution < -0.4 is 5.32 Å². The van der Waals surface area contributed by atoms with E-state index in [1.807, 2.05) is 24.6 Å². The maximum Gasteiger partial charge on any atom is 0.194 e. The number of morpholine rings is 1. The van der Waals surface area contributed by atoms with Crippen LogP contribution in [0.3, 0.4) is 0 Å². The Kier molecular flexibility index (Phi) is 9.09. The van der Waals surface area contributed by atoms with Crippen LogP contribution in [0.1, 0.15) is 23.6 Å². The largest absolute Gasteiger partial charge is 0.379 e. The lowest BCUT2D eigenvalue weighted by Gasteiger charge is -2.29. The summed E-state index contributed by atoms with van der Waals surface area (Å²) in [4.78, 5) is 9.89. The maximum absolute atomic E-state index is 5.49. The predicted octanol–water partition coefficient (Wildman–Crippen LogP) is 2.04. The quantitative estimate of drug-likeness (QED) is 0.345. The van der Waals surface area contributed by atoms with Crippen LogP contribution in [0.25, 0.3) is 0 Å². The molecule has 1 unspecified atom stereocenters. The monoisotopic (exact) mass is 539 g/mol. The van der Waals surface area contributed by atoms with Gasteiger partial charge in [-0.15, -0.1) is 34.2 Å². The molecule has 0 aliphatic carbocycles. The molecule has 4 rings (SSSR count). The number of hydrogen-bond acceptors (Lipinski definition) is 5. The first kappa shape index (κ1) is 23.9. The van der Waals surface area contributed by atoms with E-state index in [1.54, 1.807) is 0 Å². The molecule has 3 heterocycles. The number of halogens is 1. The number of guanidine groups is 1. The molecular weight excluding hydrogens is 505 g/mol. The molecule has 2 fully saturated rings. The average Bonchev–Trinajstić information content (AvgIpc) is 3.37. The van der Waals surface area contributed by atoms with Gasteiger partial charge < -0.3 is 19.5 Å². The summed E-state index contributed by atoms with van der Waals surface area (Å²) in [6.45, 7) is 10.3. The molecule has 8 nitrogen and oxygen atoms in total. The van der Waals surface area contributed by atoms with Gasteiger partial charge in [-0.3, -0.25) is 4.90 Å². The standard InChI is InChI=1S/C22H33N7O.HI/c1-18-25-26-21(27(18)2)15-24-22(23-14-19-6-4-3-5-7-19)29-9-8-20(17-29)16-28-10-12-30-13-11-28;/h3-7,20H,8-17H2,1-2H3,(H,23,24);1H. The van der Waals surface area contributed by atoms with Crippen molar-refractivity contribution in [3.63, 3.8) is 0 Å². The number of hydrogen-bond donors (Lipinski definition) is 1. The van der Waals surface area contributed by atoms with E-state index in [2.05, 4.69) is 49.6 Å². The number of rotatable bonds is 6. The van der Waals surface area contributed by atoms with Crippen molar-refractivity contribution in [1.82, 2.24) is 29.9 Å². The van der Waals surface area contributed by atoms with Crippen LogP contribution in [0, 0.1) is 12.8 Å². The first-order chi connectivity index (χ1) is 14.7. The van der Waals surface area contributed by atoms with Gasteiger partial charge in [0.05, 0.1) is 26.3 Å². The van der Waals surface area contributed by atoms with Gasteiger partial charge in [0.2, 0.25) is 0 Å². The van der Waals surface area contributed by atoms with Gasteiger partial charge in [-0.1, -0.05) is 30.3 Å². The first-order valence-corrected chi connectivity index (χ1v) is 10.9. The number of aryl methyl sites for hydroxylation is 1. The van der Waals surface area contributed by atoms with Crippen molar-refractivity contribution in [3.8, 4) is 0 Å². The summed E-state index contributed by atoms with van der Waals surface area (Å²) in [5.74, 6) is 3.47. The highest BCUT2D eigenvalue weighted by Gasteiger charge is 2.27. The molecule has 1 aromatic heterocycles. The van der Waals surface area contributed by atoms with Crippen molar-refractivity contribution in [3.05, 3.63) is 47.5 Å². The Morgan fingerprint density at radius 1 is 1.16 bits per heavy atom. The van der Waals surface area contributed by atoms with Crippen molar-refractivity contribution in [1.29, 1.82) is 0 Å². The number of benzene rings is 1. The molecule has 2 aliphatic rings. The number of ether oxygens (including phenoxy) is 1. The molecule has 2 saturated heterocycles. The van der Waals surface area contributed by atoms with Crippen molar-refractivity contribution in [2.75, 3.05) is 45.9 Å². The summed E-state index contributed by atoms with van der Waals surface area (Å²) in [5.41, 5.74) is 1.22. The Hall–Kier alpha value is -1.72. The Morgan fingerprint density at radius 2 is 1.94 bits per heavy atom. The molecular formula is C22H34IN7O. The van der Waals surface area contributed by atoms with Gasteiger partial charge in [0.15, 0.2) is 11.8 Å². The first-order valence-electron chi connectivity index (χ1n) is 10.9. The second kappa shape index (κ2) is 11.8. The molecule has 1 atom stereocenters. The van der Waals surface area contributed by atoms with Crippen molar-refractivity contribution in [2.45, 2.75) is 26.4 Å². The van der Waals surface area contributed by atoms with E-state index >= 15 is 0 Å². The smallest absolute Gasteiger partial charge is 0.194 e. The molecule has 0 bridgehead atoms. The summed E-state index contributed by atoms with van der Waals surface area (Å²) in [6.07, 6.45) is 1.20. The zero-order chi connectivity index (χ0) is 20.8. The van der Waals surface area contributed by atoms with Gasteiger partial charge in [0.25, 0.3) is 0 Å². The van der Waals surface area contributed by atoms with Gasteiger partial charge >= 0.3 is 0 Å². The van der Waals surface area contributed by atoms with E-state index in [9.17, 15) is 0 Å². The summed E-state index contributed by atoms with van der Waals surface area (Å²) >= 11 is 0. The summed E-state index contributed by atoms with van der Waals surface area (Å²) in [7, 11) is 2.00. The van der Waals surface area contributed by atoms with Gasteiger partial charge in [-0.05, 0) is 24.8 Å². The molecule has 0 amide bonds. The van der Waals surface area contributed by atoms with E-state index in [0.717, 1.165) is 63.5 Å². The van der Waals surface area contributed by atoms with Gasteiger partial charge in [0.1, 0.15) is 5.82 Å². The summed E-state index contributed by atoms with van der Waals surface area (Å²) in [5, 5.41) is 12.0. The fraction of sp³-hybridized carbons (Fsp3) is 0.591. The molecule has 2 aromatic rings. The van der Waals surface area contributed by atoms with Crippen LogP contribution in [0.5, 0.6) is 0 Å². The van der Waals surface area contributed by atoms with Crippen molar-refractivity contribution in [2.24, 2.45) is 18.0 Å². The lowest BCUT2D eigenvalue weighted by Crippen LogP contribution is -2.42. The molecule has 170 valence electrons. The number of aliphatic imine (C=N–C) groups is 1. The van der Waals surface area contributed by atoms with Gasteiger partial charge in [0, 0.05) is 39.8 Å². The Morgan fingerprint density at radius 3 is 2.65 bits per heavy atom. The topological polar surface area (TPSA) is 70.8 Å². The number of likely N-dealkylation sites (tertiary alicyclic amines) is 1. The van der Waals surface area contributed by atoms with Crippen LogP contribution in [-0.2, 0) is 24.9 Å². The van der Waals surface area contributed by atoms with E-state index in [1.165, 1.54) is 12.0 Å². The molecule has 31 heavy (non-hydrogen) atoms. The molecule has 0 saturated carbocycles. The molecule has 2 aliphatic heterocycles. The highest BCUT2D eigenvalue weighted by molar-refractivity contribution is 14.0. The minimum absolute atomic E-state index is 0. The number of nitrogens with zero attached hydrogens (tertiary/aromatic N) is 6. The third-order valence-electron chi connectivity index (χ3n) is 6.05. The predicted molar refractivity (Wildman–Crippen MR) is 133 cm³/mol. The van der Waals surface area contributed by atoms with E-state index < -0.39 is 0 Å². The third-order valence-corrected chi connectivity index (χ3v) is 6.05. The molecule has 1 aromatic carbocycles. The lowest BCUT2D eigenvalue weighted by molar-refractivity contribution is 0.0315.